The van der Waals surface area contributed by atoms with Gasteiger partial charge in [-0.15, -0.1) is 0 Å². The minimum atomic E-state index is -3.15. The molecule has 0 unspecified atom stereocenters. The lowest BCUT2D eigenvalue weighted by Crippen LogP contribution is -2.38. The van der Waals surface area contributed by atoms with Gasteiger partial charge in [0.2, 0.25) is 0 Å². The number of sulfone groups is 1. The fraction of sp³-hybridized carbons (Fsp3) is 0.263. The van der Waals surface area contributed by atoms with E-state index < -0.39 is 9.84 Å². The molecule has 28 heavy (non-hydrogen) atoms. The van der Waals surface area contributed by atoms with E-state index in [1.54, 1.807) is 23.1 Å². The Labute approximate surface area is 177 Å². The van der Waals surface area contributed by atoms with Crippen molar-refractivity contribution in [2.75, 3.05) is 16.4 Å². The summed E-state index contributed by atoms with van der Waals surface area (Å²) < 4.78 is 24.3. The quantitative estimate of drug-likeness (QED) is 0.704. The monoisotopic (exact) mass is 454 g/mol. The van der Waals surface area contributed by atoms with E-state index in [1.807, 2.05) is 30.3 Å². The maximum Gasteiger partial charge on any atom is 0.252 e. The number of amidine groups is 1. The predicted molar refractivity (Wildman–Crippen MR) is 115 cm³/mol. The van der Waals surface area contributed by atoms with Crippen LogP contribution in [0.4, 0.5) is 5.69 Å². The van der Waals surface area contributed by atoms with Gasteiger partial charge in [-0.2, -0.15) is 4.99 Å². The van der Waals surface area contributed by atoms with Gasteiger partial charge in [0.05, 0.1) is 34.7 Å². The van der Waals surface area contributed by atoms with Crippen LogP contribution in [-0.2, 0) is 21.1 Å². The van der Waals surface area contributed by atoms with Gasteiger partial charge >= 0.3 is 0 Å². The highest BCUT2D eigenvalue weighted by molar-refractivity contribution is 8.16. The lowest BCUT2D eigenvalue weighted by atomic mass is 10.1. The first kappa shape index (κ1) is 19.8. The third kappa shape index (κ3) is 4.08. The number of benzene rings is 2. The normalized spacial score (nSPS) is 24.5. The molecule has 0 bridgehead atoms. The molecule has 2 aliphatic rings. The SMILES string of the molecule is O=C(Cc1ccccc1)N=C1S[C@@H]2CS(=O)(=O)C[C@H]2N1c1cc(Cl)ccc1Cl. The number of thioether (sulfide) groups is 1. The molecule has 0 spiro atoms. The number of anilines is 1. The van der Waals surface area contributed by atoms with Crippen molar-refractivity contribution in [3.8, 4) is 0 Å². The zero-order valence-electron chi connectivity index (χ0n) is 14.6. The van der Waals surface area contributed by atoms with Gasteiger partial charge in [0, 0.05) is 10.3 Å². The van der Waals surface area contributed by atoms with Crippen LogP contribution in [-0.4, -0.2) is 42.3 Å². The van der Waals surface area contributed by atoms with Crippen molar-refractivity contribution in [2.24, 2.45) is 4.99 Å². The topological polar surface area (TPSA) is 66.8 Å². The largest absolute Gasteiger partial charge is 0.314 e. The van der Waals surface area contributed by atoms with Crippen molar-refractivity contribution in [2.45, 2.75) is 17.7 Å². The van der Waals surface area contributed by atoms with Crippen LogP contribution in [0.3, 0.4) is 0 Å². The molecule has 5 nitrogen and oxygen atoms in total. The van der Waals surface area contributed by atoms with Gasteiger partial charge in [0.15, 0.2) is 15.0 Å². The summed E-state index contributed by atoms with van der Waals surface area (Å²) in [5, 5.41) is 1.18. The van der Waals surface area contributed by atoms with Crippen LogP contribution in [0.5, 0.6) is 0 Å². The lowest BCUT2D eigenvalue weighted by molar-refractivity contribution is -0.117. The number of halogens is 2. The Balaban J connectivity index is 1.69. The molecular weight excluding hydrogens is 439 g/mol. The van der Waals surface area contributed by atoms with Crippen LogP contribution in [0.15, 0.2) is 53.5 Å². The van der Waals surface area contributed by atoms with Gasteiger partial charge in [-0.3, -0.25) is 4.79 Å². The Morgan fingerprint density at radius 2 is 1.89 bits per heavy atom. The van der Waals surface area contributed by atoms with Gasteiger partial charge in [-0.1, -0.05) is 65.3 Å². The van der Waals surface area contributed by atoms with Gasteiger partial charge in [-0.05, 0) is 23.8 Å². The molecule has 1 amide bonds. The first-order valence-electron chi connectivity index (χ1n) is 8.59. The number of carbonyl (C=O) groups is 1. The molecule has 146 valence electrons. The first-order valence-corrected chi connectivity index (χ1v) is 12.0. The molecule has 2 saturated heterocycles. The molecule has 0 aromatic heterocycles. The maximum atomic E-state index is 12.5. The van der Waals surface area contributed by atoms with Crippen molar-refractivity contribution in [3.05, 3.63) is 64.1 Å². The van der Waals surface area contributed by atoms with Crippen molar-refractivity contribution >= 4 is 61.6 Å². The van der Waals surface area contributed by atoms with E-state index in [4.69, 9.17) is 23.2 Å². The summed E-state index contributed by atoms with van der Waals surface area (Å²) in [6.45, 7) is 0. The fourth-order valence-electron chi connectivity index (χ4n) is 3.43. The van der Waals surface area contributed by atoms with E-state index in [2.05, 4.69) is 4.99 Å². The number of fused-ring (bicyclic) bond motifs is 1. The van der Waals surface area contributed by atoms with Gasteiger partial charge in [0.1, 0.15) is 0 Å². The molecule has 2 aromatic carbocycles. The van der Waals surface area contributed by atoms with Crippen molar-refractivity contribution in [1.29, 1.82) is 0 Å². The molecule has 2 heterocycles. The molecule has 2 aromatic rings. The standard InChI is InChI=1S/C19H16Cl2N2O3S2/c20-13-6-7-14(21)15(9-13)23-16-10-28(25,26)11-17(16)27-19(23)22-18(24)8-12-4-2-1-3-5-12/h1-7,9,16-17H,8,10-11H2/t16-,17-/m1/s1. The van der Waals surface area contributed by atoms with Crippen LogP contribution in [0.2, 0.25) is 10.0 Å². The van der Waals surface area contributed by atoms with E-state index in [0.717, 1.165) is 5.56 Å². The van der Waals surface area contributed by atoms with E-state index in [0.29, 0.717) is 20.9 Å². The molecular formula is C19H16Cl2N2O3S2. The minimum Gasteiger partial charge on any atom is -0.314 e. The van der Waals surface area contributed by atoms with Crippen LogP contribution >= 0.6 is 35.0 Å². The zero-order chi connectivity index (χ0) is 19.9. The highest BCUT2D eigenvalue weighted by Gasteiger charge is 2.49. The lowest BCUT2D eigenvalue weighted by Gasteiger charge is -2.25. The summed E-state index contributed by atoms with van der Waals surface area (Å²) in [6.07, 6.45) is 0.176. The minimum absolute atomic E-state index is 0.000591. The van der Waals surface area contributed by atoms with E-state index in [9.17, 15) is 13.2 Å². The summed E-state index contributed by atoms with van der Waals surface area (Å²) >= 11 is 13.8. The van der Waals surface area contributed by atoms with Crippen LogP contribution in [0, 0.1) is 0 Å². The van der Waals surface area contributed by atoms with E-state index in [1.165, 1.54) is 11.8 Å². The van der Waals surface area contributed by atoms with Crippen LogP contribution in [0.1, 0.15) is 5.56 Å². The van der Waals surface area contributed by atoms with Gasteiger partial charge < -0.3 is 4.90 Å². The number of carbonyl (C=O) groups excluding carboxylic acids is 1. The van der Waals surface area contributed by atoms with Crippen LogP contribution < -0.4 is 4.90 Å². The molecule has 9 heteroatoms. The molecule has 0 N–H and O–H groups in total. The summed E-state index contributed by atoms with van der Waals surface area (Å²) in [6, 6.07) is 14.0. The first-order chi connectivity index (χ1) is 13.3. The highest BCUT2D eigenvalue weighted by atomic mass is 35.5. The predicted octanol–water partition coefficient (Wildman–Crippen LogP) is 3.84. The second-order valence-corrected chi connectivity index (χ2v) is 10.9. The smallest absolute Gasteiger partial charge is 0.252 e. The van der Waals surface area contributed by atoms with Gasteiger partial charge in [-0.25, -0.2) is 8.42 Å². The summed E-state index contributed by atoms with van der Waals surface area (Å²) in [4.78, 5) is 18.6. The summed E-state index contributed by atoms with van der Waals surface area (Å²) in [5.41, 5.74) is 1.44. The number of hydrogen-bond donors (Lipinski definition) is 0. The molecule has 0 aliphatic carbocycles. The van der Waals surface area contributed by atoms with Crippen LogP contribution in [0.25, 0.3) is 0 Å². The van der Waals surface area contributed by atoms with E-state index in [-0.39, 0.29) is 35.1 Å². The zero-order valence-corrected chi connectivity index (χ0v) is 17.7. The Morgan fingerprint density at radius 1 is 1.14 bits per heavy atom. The molecule has 0 saturated carbocycles. The third-order valence-corrected chi connectivity index (χ3v) is 8.42. The fourth-order valence-corrected chi connectivity index (χ4v) is 7.73. The van der Waals surface area contributed by atoms with Crippen molar-refractivity contribution < 1.29 is 13.2 Å². The molecule has 4 rings (SSSR count). The van der Waals surface area contributed by atoms with Crippen molar-refractivity contribution in [1.82, 2.24) is 0 Å². The number of amides is 1. The maximum absolute atomic E-state index is 12.5. The average Bonchev–Trinajstić information content (AvgIpc) is 3.09. The molecule has 2 fully saturated rings. The Hall–Kier alpha value is -1.54. The highest BCUT2D eigenvalue weighted by Crippen LogP contribution is 2.43. The Bertz CT molecular complexity index is 1060. The number of rotatable bonds is 3. The van der Waals surface area contributed by atoms with E-state index >= 15 is 0 Å². The molecule has 2 aliphatic heterocycles. The van der Waals surface area contributed by atoms with Gasteiger partial charge in [0.25, 0.3) is 5.91 Å². The Morgan fingerprint density at radius 3 is 2.64 bits per heavy atom. The summed E-state index contributed by atoms with van der Waals surface area (Å²) in [7, 11) is -3.15. The number of nitrogens with zero attached hydrogens (tertiary/aromatic N) is 2. The Kier molecular flexibility index (Phi) is 5.44. The number of hydrogen-bond acceptors (Lipinski definition) is 4. The van der Waals surface area contributed by atoms with Crippen molar-refractivity contribution in [3.63, 3.8) is 0 Å². The third-order valence-electron chi connectivity index (χ3n) is 4.65. The second-order valence-electron chi connectivity index (χ2n) is 6.72. The molecule has 0 radical (unpaired) electrons. The summed E-state index contributed by atoms with van der Waals surface area (Å²) in [5.74, 6) is -0.234. The molecule has 2 atom stereocenters. The second kappa shape index (κ2) is 7.71. The number of aliphatic imine (C=N–C) groups is 1. The average molecular weight is 455 g/mol.